The first-order valence-electron chi connectivity index (χ1n) is 14.2. The largest absolute Gasteiger partial charge is 0.493 e. The maximum Gasteiger partial charge on any atom is 0.306 e. The predicted octanol–water partition coefficient (Wildman–Crippen LogP) is 3.79. The third kappa shape index (κ3) is 9.25. The van der Waals surface area contributed by atoms with Crippen LogP contribution in [-0.2, 0) is 25.5 Å². The molecule has 0 amide bonds. The first kappa shape index (κ1) is 31.4. The van der Waals surface area contributed by atoms with Gasteiger partial charge in [0.1, 0.15) is 24.5 Å². The number of halogens is 1. The average molecular weight is 600 g/mol. The predicted molar refractivity (Wildman–Crippen MR) is 161 cm³/mol. The molecule has 42 heavy (non-hydrogen) atoms. The van der Waals surface area contributed by atoms with E-state index < -0.39 is 0 Å². The number of Topliss-reactive ketones (excluding diaryl/α,β-unsaturated/α-hetero) is 1. The Kier molecular flexibility index (Phi) is 12.1. The van der Waals surface area contributed by atoms with Gasteiger partial charge in [-0.3, -0.25) is 14.5 Å². The summed E-state index contributed by atoms with van der Waals surface area (Å²) in [4.78, 5) is 35.6. The normalized spacial score (nSPS) is 13.6. The molecule has 1 aromatic heterocycles. The SMILES string of the molecule is CCOC(=O)CCC(=O)Cc1ccc(Cl)cc1Nc1ncnc2cc(OC)c(OCCNCCN3CCOCC3)cc12. The van der Waals surface area contributed by atoms with Crippen LogP contribution in [0, 0.1) is 0 Å². The molecule has 0 unspecified atom stereocenters. The van der Waals surface area contributed by atoms with Crippen LogP contribution in [0.3, 0.4) is 0 Å². The zero-order valence-electron chi connectivity index (χ0n) is 24.1. The van der Waals surface area contributed by atoms with Crippen molar-refractivity contribution in [2.45, 2.75) is 26.2 Å². The lowest BCUT2D eigenvalue weighted by atomic mass is 10.0. The number of esters is 1. The number of hydrogen-bond donors (Lipinski definition) is 2. The molecule has 1 fully saturated rings. The number of ether oxygens (including phenoxy) is 4. The number of ketones is 1. The number of rotatable bonds is 16. The number of nitrogens with one attached hydrogen (secondary N) is 2. The van der Waals surface area contributed by atoms with Crippen LogP contribution >= 0.6 is 11.6 Å². The standard InChI is InChI=1S/C30H38ClN5O6/c1-3-41-29(38)7-6-23(37)16-21-4-5-22(31)17-25(21)35-30-24-18-28(27(39-2)19-26(24)33-20-34-30)42-13-9-32-8-10-36-11-14-40-15-12-36/h4-5,17-20,32H,3,6-16H2,1-2H3,(H,33,34,35). The molecule has 0 bridgehead atoms. The van der Waals surface area contributed by atoms with Gasteiger partial charge in [-0.15, -0.1) is 0 Å². The molecule has 1 saturated heterocycles. The summed E-state index contributed by atoms with van der Waals surface area (Å²) in [5, 5.41) is 7.96. The van der Waals surface area contributed by atoms with E-state index >= 15 is 0 Å². The summed E-state index contributed by atoms with van der Waals surface area (Å²) in [6.07, 6.45) is 1.73. The van der Waals surface area contributed by atoms with Gasteiger partial charge in [-0.1, -0.05) is 17.7 Å². The molecule has 2 N–H and O–H groups in total. The van der Waals surface area contributed by atoms with Crippen molar-refractivity contribution in [2.24, 2.45) is 0 Å². The molecule has 0 spiro atoms. The van der Waals surface area contributed by atoms with Crippen LogP contribution < -0.4 is 20.1 Å². The molecule has 226 valence electrons. The number of morpholine rings is 1. The highest BCUT2D eigenvalue weighted by Gasteiger charge is 2.16. The third-order valence-corrected chi connectivity index (χ3v) is 7.03. The van der Waals surface area contributed by atoms with E-state index in [9.17, 15) is 9.59 Å². The number of aromatic nitrogens is 2. The van der Waals surface area contributed by atoms with Gasteiger partial charge < -0.3 is 29.6 Å². The number of fused-ring (bicyclic) bond motifs is 1. The summed E-state index contributed by atoms with van der Waals surface area (Å²) in [5.74, 6) is 1.19. The van der Waals surface area contributed by atoms with Crippen LogP contribution in [0.15, 0.2) is 36.7 Å². The van der Waals surface area contributed by atoms with Crippen molar-refractivity contribution in [1.29, 1.82) is 0 Å². The summed E-state index contributed by atoms with van der Waals surface area (Å²) in [6.45, 7) is 8.51. The first-order chi connectivity index (χ1) is 20.5. The third-order valence-electron chi connectivity index (χ3n) is 6.79. The number of carbonyl (C=O) groups is 2. The molecule has 1 aliphatic heterocycles. The monoisotopic (exact) mass is 599 g/mol. The van der Waals surface area contributed by atoms with E-state index in [1.807, 2.05) is 6.07 Å². The van der Waals surface area contributed by atoms with Gasteiger partial charge in [-0.25, -0.2) is 9.97 Å². The topological polar surface area (TPSA) is 124 Å². The fraction of sp³-hybridized carbons (Fsp3) is 0.467. The number of hydrogen-bond acceptors (Lipinski definition) is 11. The second-order valence-electron chi connectivity index (χ2n) is 9.74. The summed E-state index contributed by atoms with van der Waals surface area (Å²) in [5.41, 5.74) is 2.03. The Bertz CT molecular complexity index is 1350. The highest BCUT2D eigenvalue weighted by atomic mass is 35.5. The van der Waals surface area contributed by atoms with Crippen LogP contribution in [0.25, 0.3) is 10.9 Å². The molecule has 0 radical (unpaired) electrons. The van der Waals surface area contributed by atoms with Crippen molar-refractivity contribution >= 4 is 45.8 Å². The minimum Gasteiger partial charge on any atom is -0.493 e. The van der Waals surface area contributed by atoms with Gasteiger partial charge >= 0.3 is 5.97 Å². The van der Waals surface area contributed by atoms with Gasteiger partial charge in [0.2, 0.25) is 0 Å². The van der Waals surface area contributed by atoms with Gasteiger partial charge in [0.15, 0.2) is 11.5 Å². The van der Waals surface area contributed by atoms with E-state index in [-0.39, 0.29) is 37.6 Å². The Morgan fingerprint density at radius 2 is 1.90 bits per heavy atom. The molecular formula is C30H38ClN5O6. The van der Waals surface area contributed by atoms with Crippen LogP contribution in [0.5, 0.6) is 11.5 Å². The van der Waals surface area contributed by atoms with Crippen LogP contribution in [0.2, 0.25) is 5.02 Å². The number of methoxy groups -OCH3 is 1. The Hall–Kier alpha value is -3.51. The van der Waals surface area contributed by atoms with E-state index in [1.165, 1.54) is 6.33 Å². The van der Waals surface area contributed by atoms with Crippen molar-refractivity contribution < 1.29 is 28.5 Å². The molecule has 0 aliphatic carbocycles. The molecule has 0 saturated carbocycles. The highest BCUT2D eigenvalue weighted by molar-refractivity contribution is 6.31. The summed E-state index contributed by atoms with van der Waals surface area (Å²) >= 11 is 6.31. The summed E-state index contributed by atoms with van der Waals surface area (Å²) < 4.78 is 22.0. The van der Waals surface area contributed by atoms with E-state index in [1.54, 1.807) is 38.3 Å². The number of carbonyl (C=O) groups excluding carboxylic acids is 2. The molecule has 1 aliphatic rings. The minimum atomic E-state index is -0.384. The molecular weight excluding hydrogens is 562 g/mol. The quantitative estimate of drug-likeness (QED) is 0.185. The van der Waals surface area contributed by atoms with E-state index in [4.69, 9.17) is 30.5 Å². The van der Waals surface area contributed by atoms with Gasteiger partial charge in [0.05, 0.1) is 38.9 Å². The summed E-state index contributed by atoms with van der Waals surface area (Å²) in [7, 11) is 1.59. The van der Waals surface area contributed by atoms with E-state index in [0.717, 1.165) is 45.0 Å². The maximum absolute atomic E-state index is 12.6. The van der Waals surface area contributed by atoms with Gasteiger partial charge in [-0.2, -0.15) is 0 Å². The molecule has 4 rings (SSSR count). The fourth-order valence-corrected chi connectivity index (χ4v) is 4.75. The Labute approximate surface area is 250 Å². The van der Waals surface area contributed by atoms with Crippen molar-refractivity contribution in [3.63, 3.8) is 0 Å². The molecule has 0 atom stereocenters. The number of anilines is 2. The van der Waals surface area contributed by atoms with Crippen LogP contribution in [0.4, 0.5) is 11.5 Å². The van der Waals surface area contributed by atoms with E-state index in [2.05, 4.69) is 25.5 Å². The van der Waals surface area contributed by atoms with Gasteiger partial charge in [-0.05, 0) is 30.7 Å². The number of nitrogens with zero attached hydrogens (tertiary/aromatic N) is 3. The van der Waals surface area contributed by atoms with Gasteiger partial charge in [0, 0.05) is 67.7 Å². The molecule has 2 heterocycles. The highest BCUT2D eigenvalue weighted by Crippen LogP contribution is 2.35. The second kappa shape index (κ2) is 16.2. The molecule has 11 nitrogen and oxygen atoms in total. The molecule has 12 heteroatoms. The fourth-order valence-electron chi connectivity index (χ4n) is 4.58. The minimum absolute atomic E-state index is 0.0492. The zero-order valence-corrected chi connectivity index (χ0v) is 24.9. The number of benzene rings is 2. The maximum atomic E-state index is 12.6. The summed E-state index contributed by atoms with van der Waals surface area (Å²) in [6, 6.07) is 8.91. The lowest BCUT2D eigenvalue weighted by Gasteiger charge is -2.26. The molecule has 2 aromatic carbocycles. The average Bonchev–Trinajstić information content (AvgIpc) is 2.99. The van der Waals surface area contributed by atoms with Crippen molar-refractivity contribution in [3.05, 3.63) is 47.2 Å². The smallest absolute Gasteiger partial charge is 0.306 e. The lowest BCUT2D eigenvalue weighted by Crippen LogP contribution is -2.40. The van der Waals surface area contributed by atoms with Crippen molar-refractivity contribution in [1.82, 2.24) is 20.2 Å². The van der Waals surface area contributed by atoms with Crippen LogP contribution in [-0.4, -0.2) is 92.9 Å². The zero-order chi connectivity index (χ0) is 29.7. The Morgan fingerprint density at radius 3 is 2.69 bits per heavy atom. The lowest BCUT2D eigenvalue weighted by molar-refractivity contribution is -0.144. The molecule has 3 aromatic rings. The first-order valence-corrected chi connectivity index (χ1v) is 14.5. The Balaban J connectivity index is 1.43. The second-order valence-corrected chi connectivity index (χ2v) is 10.2. The van der Waals surface area contributed by atoms with E-state index in [0.29, 0.717) is 52.1 Å². The van der Waals surface area contributed by atoms with Crippen LogP contribution in [0.1, 0.15) is 25.3 Å². The Morgan fingerprint density at radius 1 is 1.07 bits per heavy atom. The van der Waals surface area contributed by atoms with Gasteiger partial charge in [0.25, 0.3) is 0 Å². The van der Waals surface area contributed by atoms with Crippen molar-refractivity contribution in [2.75, 3.05) is 71.6 Å². The van der Waals surface area contributed by atoms with Crippen molar-refractivity contribution in [3.8, 4) is 11.5 Å².